The third-order valence-corrected chi connectivity index (χ3v) is 2.49. The van der Waals surface area contributed by atoms with Crippen molar-refractivity contribution in [2.45, 2.75) is 4.90 Å². The Morgan fingerprint density at radius 1 is 1.00 bits per heavy atom. The van der Waals surface area contributed by atoms with Crippen LogP contribution in [0.3, 0.4) is 0 Å². The summed E-state index contributed by atoms with van der Waals surface area (Å²) in [4.78, 5) is 0.916. The van der Waals surface area contributed by atoms with E-state index in [1.54, 1.807) is 6.07 Å². The van der Waals surface area contributed by atoms with E-state index in [9.17, 15) is 0 Å². The molecule has 0 fully saturated rings. The highest BCUT2D eigenvalue weighted by atomic mass is 32.1. The Bertz CT molecular complexity index is 526. The number of nitrogens with one attached hydrogen (secondary N) is 1. The summed E-state index contributed by atoms with van der Waals surface area (Å²) in [5, 5.41) is 12.1. The minimum absolute atomic E-state index is 0.637. The Hall–Kier alpha value is -1.92. The largest absolute Gasteiger partial charge is 0.354 e. The van der Waals surface area contributed by atoms with Crippen molar-refractivity contribution in [3.63, 3.8) is 0 Å². The zero-order chi connectivity index (χ0) is 11.4. The van der Waals surface area contributed by atoms with Crippen LogP contribution < -0.4 is 5.32 Å². The first-order chi connectivity index (χ1) is 7.79. The van der Waals surface area contributed by atoms with Crippen LogP contribution >= 0.6 is 12.6 Å². The normalized spacial score (nSPS) is 9.50. The van der Waals surface area contributed by atoms with Crippen molar-refractivity contribution in [1.82, 2.24) is 0 Å². The van der Waals surface area contributed by atoms with Gasteiger partial charge in [0.15, 0.2) is 0 Å². The molecule has 0 spiro atoms. The fraction of sp³-hybridized carbons (Fsp3) is 0. The van der Waals surface area contributed by atoms with Crippen molar-refractivity contribution in [3.8, 4) is 6.07 Å². The van der Waals surface area contributed by atoms with Crippen LogP contribution in [-0.2, 0) is 0 Å². The Morgan fingerprint density at radius 3 is 2.38 bits per heavy atom. The summed E-state index contributed by atoms with van der Waals surface area (Å²) >= 11 is 4.22. The number of nitriles is 1. The molecule has 2 rings (SSSR count). The number of para-hydroxylation sites is 1. The molecule has 0 atom stereocenters. The molecule has 78 valence electrons. The van der Waals surface area contributed by atoms with E-state index >= 15 is 0 Å². The molecule has 0 heterocycles. The van der Waals surface area contributed by atoms with E-state index in [-0.39, 0.29) is 0 Å². The van der Waals surface area contributed by atoms with Gasteiger partial charge in [0, 0.05) is 10.6 Å². The molecule has 0 aliphatic rings. The molecule has 0 bridgehead atoms. The third kappa shape index (κ3) is 2.36. The maximum Gasteiger partial charge on any atom is 0.101 e. The van der Waals surface area contributed by atoms with Crippen LogP contribution in [0.25, 0.3) is 0 Å². The monoisotopic (exact) mass is 226 g/mol. The van der Waals surface area contributed by atoms with E-state index in [2.05, 4.69) is 24.0 Å². The molecule has 0 aromatic heterocycles. The zero-order valence-electron chi connectivity index (χ0n) is 8.51. The lowest BCUT2D eigenvalue weighted by molar-refractivity contribution is 1.43. The van der Waals surface area contributed by atoms with E-state index in [0.29, 0.717) is 5.56 Å². The van der Waals surface area contributed by atoms with Crippen molar-refractivity contribution in [3.05, 3.63) is 54.1 Å². The Morgan fingerprint density at radius 2 is 1.69 bits per heavy atom. The van der Waals surface area contributed by atoms with Gasteiger partial charge in [0.1, 0.15) is 6.07 Å². The summed E-state index contributed by atoms with van der Waals surface area (Å²) in [6.45, 7) is 0. The predicted octanol–water partition coefficient (Wildman–Crippen LogP) is 3.59. The first-order valence-corrected chi connectivity index (χ1v) is 5.29. The molecule has 0 saturated heterocycles. The molecule has 1 N–H and O–H groups in total. The number of rotatable bonds is 2. The van der Waals surface area contributed by atoms with Crippen LogP contribution in [0.4, 0.5) is 11.4 Å². The van der Waals surface area contributed by atoms with Gasteiger partial charge < -0.3 is 5.32 Å². The van der Waals surface area contributed by atoms with Crippen LogP contribution in [0.5, 0.6) is 0 Å². The van der Waals surface area contributed by atoms with Crippen molar-refractivity contribution in [2.24, 2.45) is 0 Å². The van der Waals surface area contributed by atoms with Gasteiger partial charge in [-0.25, -0.2) is 0 Å². The molecule has 0 radical (unpaired) electrons. The fourth-order valence-electron chi connectivity index (χ4n) is 1.39. The second-order valence-corrected chi connectivity index (χ2v) is 3.85. The Balaban J connectivity index is 2.27. The van der Waals surface area contributed by atoms with E-state index < -0.39 is 0 Å². The van der Waals surface area contributed by atoms with Gasteiger partial charge in [0.25, 0.3) is 0 Å². The van der Waals surface area contributed by atoms with Gasteiger partial charge in [0.2, 0.25) is 0 Å². The lowest BCUT2D eigenvalue weighted by Gasteiger charge is -2.07. The third-order valence-electron chi connectivity index (χ3n) is 2.19. The van der Waals surface area contributed by atoms with Gasteiger partial charge in [-0.1, -0.05) is 12.1 Å². The van der Waals surface area contributed by atoms with Crippen LogP contribution in [0, 0.1) is 11.3 Å². The minimum atomic E-state index is 0.637. The number of benzene rings is 2. The summed E-state index contributed by atoms with van der Waals surface area (Å²) in [5.41, 5.74) is 2.40. The molecule has 0 saturated carbocycles. The highest BCUT2D eigenvalue weighted by Crippen LogP contribution is 2.21. The average Bonchev–Trinajstić information content (AvgIpc) is 2.33. The SMILES string of the molecule is N#Cc1ccccc1Nc1ccc(S)cc1. The molecule has 16 heavy (non-hydrogen) atoms. The quantitative estimate of drug-likeness (QED) is 0.768. The van der Waals surface area contributed by atoms with Gasteiger partial charge in [-0.3, -0.25) is 0 Å². The number of thiol groups is 1. The number of anilines is 2. The first kappa shape index (κ1) is 10.6. The maximum absolute atomic E-state index is 8.94. The molecule has 2 aromatic rings. The van der Waals surface area contributed by atoms with Crippen molar-refractivity contribution >= 4 is 24.0 Å². The zero-order valence-corrected chi connectivity index (χ0v) is 9.41. The lowest BCUT2D eigenvalue weighted by atomic mass is 10.2. The predicted molar refractivity (Wildman–Crippen MR) is 68.1 cm³/mol. The highest BCUT2D eigenvalue weighted by Gasteiger charge is 2.00. The molecule has 0 amide bonds. The van der Waals surface area contributed by atoms with Gasteiger partial charge in [-0.15, -0.1) is 12.6 Å². The molecular formula is C13H10N2S. The van der Waals surface area contributed by atoms with Gasteiger partial charge in [-0.2, -0.15) is 5.26 Å². The molecular weight excluding hydrogens is 216 g/mol. The van der Waals surface area contributed by atoms with Gasteiger partial charge in [0.05, 0.1) is 11.3 Å². The lowest BCUT2D eigenvalue weighted by Crippen LogP contribution is -1.92. The second-order valence-electron chi connectivity index (χ2n) is 3.33. The molecule has 3 heteroatoms. The van der Waals surface area contributed by atoms with Crippen molar-refractivity contribution < 1.29 is 0 Å². The van der Waals surface area contributed by atoms with Gasteiger partial charge >= 0.3 is 0 Å². The van der Waals surface area contributed by atoms with Crippen LogP contribution in [0.15, 0.2) is 53.4 Å². The average molecular weight is 226 g/mol. The van der Waals surface area contributed by atoms with E-state index in [0.717, 1.165) is 16.3 Å². The number of nitrogens with zero attached hydrogens (tertiary/aromatic N) is 1. The summed E-state index contributed by atoms with van der Waals surface area (Å²) in [6.07, 6.45) is 0. The van der Waals surface area contributed by atoms with Crippen molar-refractivity contribution in [2.75, 3.05) is 5.32 Å². The smallest absolute Gasteiger partial charge is 0.101 e. The molecule has 0 aliphatic carbocycles. The summed E-state index contributed by atoms with van der Waals surface area (Å²) in [7, 11) is 0. The Labute approximate surface area is 100.0 Å². The van der Waals surface area contributed by atoms with Crippen molar-refractivity contribution in [1.29, 1.82) is 5.26 Å². The standard InChI is InChI=1S/C13H10N2S/c14-9-10-3-1-2-4-13(10)15-11-5-7-12(16)8-6-11/h1-8,15-16H. The summed E-state index contributed by atoms with van der Waals surface area (Å²) in [6, 6.07) is 17.2. The molecule has 0 aliphatic heterocycles. The Kier molecular flexibility index (Phi) is 3.13. The van der Waals surface area contributed by atoms with Gasteiger partial charge in [-0.05, 0) is 36.4 Å². The summed E-state index contributed by atoms with van der Waals surface area (Å²) in [5.74, 6) is 0. The molecule has 2 aromatic carbocycles. The molecule has 2 nitrogen and oxygen atoms in total. The molecule has 0 unspecified atom stereocenters. The highest BCUT2D eigenvalue weighted by molar-refractivity contribution is 7.80. The first-order valence-electron chi connectivity index (χ1n) is 4.85. The second kappa shape index (κ2) is 4.73. The van der Waals surface area contributed by atoms with Crippen LogP contribution in [0.2, 0.25) is 0 Å². The van der Waals surface area contributed by atoms with E-state index in [4.69, 9.17) is 5.26 Å². The van der Waals surface area contributed by atoms with E-state index in [1.807, 2.05) is 42.5 Å². The topological polar surface area (TPSA) is 35.8 Å². The minimum Gasteiger partial charge on any atom is -0.354 e. The summed E-state index contributed by atoms with van der Waals surface area (Å²) < 4.78 is 0. The van der Waals surface area contributed by atoms with Crippen LogP contribution in [-0.4, -0.2) is 0 Å². The maximum atomic E-state index is 8.94. The van der Waals surface area contributed by atoms with Crippen LogP contribution in [0.1, 0.15) is 5.56 Å². The van der Waals surface area contributed by atoms with E-state index in [1.165, 1.54) is 0 Å². The fourth-order valence-corrected chi connectivity index (χ4v) is 1.54. The number of hydrogen-bond donors (Lipinski definition) is 2. The number of hydrogen-bond acceptors (Lipinski definition) is 3.